The molecule has 0 aliphatic heterocycles. The summed E-state index contributed by atoms with van der Waals surface area (Å²) < 4.78 is 23.1. The Kier molecular flexibility index (Phi) is 3.17. The quantitative estimate of drug-likeness (QED) is 0.814. The van der Waals surface area contributed by atoms with Crippen molar-refractivity contribution in [2.75, 3.05) is 14.2 Å². The van der Waals surface area contributed by atoms with Gasteiger partial charge in [0.05, 0.1) is 14.2 Å². The van der Waals surface area contributed by atoms with Gasteiger partial charge in [-0.25, -0.2) is 4.39 Å². The molecule has 0 radical (unpaired) electrons. The highest BCUT2D eigenvalue weighted by Gasteiger charge is 2.16. The highest BCUT2D eigenvalue weighted by Crippen LogP contribution is 2.39. The van der Waals surface area contributed by atoms with Gasteiger partial charge in [0.25, 0.3) is 0 Å². The average Bonchev–Trinajstić information content (AvgIpc) is 2.16. The van der Waals surface area contributed by atoms with Crippen LogP contribution in [-0.4, -0.2) is 19.3 Å². The molecule has 3 nitrogen and oxygen atoms in total. The Labute approximate surface area is 82.1 Å². The smallest absolute Gasteiger partial charge is 0.167 e. The minimum absolute atomic E-state index is 0.0397. The van der Waals surface area contributed by atoms with E-state index in [2.05, 4.69) is 0 Å². The van der Waals surface area contributed by atoms with E-state index < -0.39 is 6.17 Å². The zero-order chi connectivity index (χ0) is 10.7. The van der Waals surface area contributed by atoms with Crippen LogP contribution in [0.25, 0.3) is 0 Å². The molecule has 14 heavy (non-hydrogen) atoms. The van der Waals surface area contributed by atoms with Gasteiger partial charge in [-0.05, 0) is 13.0 Å². The number of methoxy groups -OCH3 is 2. The zero-order valence-corrected chi connectivity index (χ0v) is 8.37. The summed E-state index contributed by atoms with van der Waals surface area (Å²) in [5, 5.41) is 9.29. The van der Waals surface area contributed by atoms with Crippen molar-refractivity contribution in [3.63, 3.8) is 0 Å². The summed E-state index contributed by atoms with van der Waals surface area (Å²) in [7, 11) is 2.87. The summed E-state index contributed by atoms with van der Waals surface area (Å²) in [6, 6.07) is 2.71. The molecule has 4 heteroatoms. The second-order valence-corrected chi connectivity index (χ2v) is 2.89. The van der Waals surface area contributed by atoms with E-state index in [0.29, 0.717) is 11.5 Å². The molecule has 0 saturated heterocycles. The molecule has 1 rings (SSSR count). The minimum atomic E-state index is -1.22. The van der Waals surface area contributed by atoms with Crippen molar-refractivity contribution in [2.24, 2.45) is 0 Å². The van der Waals surface area contributed by atoms with Gasteiger partial charge in [-0.2, -0.15) is 0 Å². The van der Waals surface area contributed by atoms with Gasteiger partial charge in [0.2, 0.25) is 0 Å². The maximum Gasteiger partial charge on any atom is 0.167 e. The number of alkyl halides is 1. The summed E-state index contributed by atoms with van der Waals surface area (Å²) in [6.45, 7) is 1.37. The predicted octanol–water partition coefficient (Wildman–Crippen LogP) is 2.44. The van der Waals surface area contributed by atoms with Gasteiger partial charge in [0.1, 0.15) is 11.9 Å². The van der Waals surface area contributed by atoms with E-state index in [1.165, 1.54) is 33.3 Å². The lowest BCUT2D eigenvalue weighted by atomic mass is 10.1. The first-order valence-electron chi connectivity index (χ1n) is 4.19. The van der Waals surface area contributed by atoms with Crippen molar-refractivity contribution in [1.82, 2.24) is 0 Å². The molecule has 0 amide bonds. The third-order valence-electron chi connectivity index (χ3n) is 1.92. The molecular formula is C10H13FO3. The average molecular weight is 200 g/mol. The molecular weight excluding hydrogens is 187 g/mol. The van der Waals surface area contributed by atoms with Crippen LogP contribution in [0.3, 0.4) is 0 Å². The van der Waals surface area contributed by atoms with Crippen molar-refractivity contribution in [3.05, 3.63) is 17.7 Å². The van der Waals surface area contributed by atoms with Crippen molar-refractivity contribution in [3.8, 4) is 17.2 Å². The molecule has 1 aromatic carbocycles. The molecule has 0 heterocycles. The van der Waals surface area contributed by atoms with E-state index in [0.717, 1.165) is 0 Å². The fraction of sp³-hybridized carbons (Fsp3) is 0.400. The molecule has 0 spiro atoms. The number of ether oxygens (including phenoxy) is 2. The van der Waals surface area contributed by atoms with Crippen molar-refractivity contribution in [1.29, 1.82) is 0 Å². The topological polar surface area (TPSA) is 38.7 Å². The Bertz CT molecular complexity index is 323. The van der Waals surface area contributed by atoms with Crippen LogP contribution in [0, 0.1) is 0 Å². The van der Waals surface area contributed by atoms with E-state index >= 15 is 0 Å². The van der Waals surface area contributed by atoms with Crippen molar-refractivity contribution in [2.45, 2.75) is 13.1 Å². The van der Waals surface area contributed by atoms with E-state index in [-0.39, 0.29) is 11.3 Å². The minimum Gasteiger partial charge on any atom is -0.508 e. The summed E-state index contributed by atoms with van der Waals surface area (Å²) in [5.74, 6) is 0.606. The van der Waals surface area contributed by atoms with Crippen LogP contribution in [0.15, 0.2) is 12.1 Å². The first kappa shape index (κ1) is 10.6. The van der Waals surface area contributed by atoms with E-state index in [9.17, 15) is 9.50 Å². The highest BCUT2D eigenvalue weighted by atomic mass is 19.1. The molecule has 1 atom stereocenters. The predicted molar refractivity (Wildman–Crippen MR) is 50.7 cm³/mol. The van der Waals surface area contributed by atoms with Crippen LogP contribution in [0.4, 0.5) is 4.39 Å². The van der Waals surface area contributed by atoms with Crippen LogP contribution in [0.1, 0.15) is 18.7 Å². The van der Waals surface area contributed by atoms with Gasteiger partial charge in [-0.3, -0.25) is 0 Å². The summed E-state index contributed by atoms with van der Waals surface area (Å²) >= 11 is 0. The molecule has 0 fully saturated rings. The SMILES string of the molecule is COc1cc(O)cc(C(C)F)c1OC. The monoisotopic (exact) mass is 200 g/mol. The maximum atomic E-state index is 13.1. The number of aromatic hydroxyl groups is 1. The number of phenolic OH excluding ortho intramolecular Hbond substituents is 1. The lowest BCUT2D eigenvalue weighted by molar-refractivity contribution is 0.320. The number of benzene rings is 1. The molecule has 1 unspecified atom stereocenters. The Balaban J connectivity index is 3.31. The Morgan fingerprint density at radius 3 is 2.36 bits per heavy atom. The third-order valence-corrected chi connectivity index (χ3v) is 1.92. The van der Waals surface area contributed by atoms with Gasteiger partial charge in [-0.1, -0.05) is 0 Å². The molecule has 0 bridgehead atoms. The first-order valence-corrected chi connectivity index (χ1v) is 4.19. The molecule has 0 aromatic heterocycles. The molecule has 1 aromatic rings. The van der Waals surface area contributed by atoms with Gasteiger partial charge < -0.3 is 14.6 Å². The second-order valence-electron chi connectivity index (χ2n) is 2.89. The standard InChI is InChI=1S/C10H13FO3/c1-6(11)8-4-7(12)5-9(13-2)10(8)14-3/h4-6,12H,1-3H3. The molecule has 0 aliphatic rings. The maximum absolute atomic E-state index is 13.1. The van der Waals surface area contributed by atoms with Crippen LogP contribution in [-0.2, 0) is 0 Å². The van der Waals surface area contributed by atoms with Gasteiger partial charge >= 0.3 is 0 Å². The fourth-order valence-electron chi connectivity index (χ4n) is 1.27. The first-order chi connectivity index (χ1) is 6.60. The molecule has 0 saturated carbocycles. The normalized spacial score (nSPS) is 12.3. The number of halogens is 1. The number of hydrogen-bond donors (Lipinski definition) is 1. The Hall–Kier alpha value is -1.45. The van der Waals surface area contributed by atoms with Crippen LogP contribution >= 0.6 is 0 Å². The van der Waals surface area contributed by atoms with E-state index in [1.807, 2.05) is 0 Å². The Morgan fingerprint density at radius 1 is 1.29 bits per heavy atom. The van der Waals surface area contributed by atoms with E-state index in [1.54, 1.807) is 0 Å². The Morgan fingerprint density at radius 2 is 1.93 bits per heavy atom. The number of rotatable bonds is 3. The number of phenols is 1. The molecule has 78 valence electrons. The summed E-state index contributed by atoms with van der Waals surface area (Å²) in [6.07, 6.45) is -1.22. The van der Waals surface area contributed by atoms with Crippen LogP contribution in [0.5, 0.6) is 17.2 Å². The second kappa shape index (κ2) is 4.17. The largest absolute Gasteiger partial charge is 0.508 e. The van der Waals surface area contributed by atoms with Crippen LogP contribution < -0.4 is 9.47 Å². The third kappa shape index (κ3) is 1.89. The van der Waals surface area contributed by atoms with Crippen molar-refractivity contribution < 1.29 is 19.0 Å². The number of hydrogen-bond acceptors (Lipinski definition) is 3. The summed E-state index contributed by atoms with van der Waals surface area (Å²) in [5.41, 5.74) is 0.282. The zero-order valence-electron chi connectivity index (χ0n) is 8.37. The summed E-state index contributed by atoms with van der Waals surface area (Å²) in [4.78, 5) is 0. The highest BCUT2D eigenvalue weighted by molar-refractivity contribution is 5.52. The van der Waals surface area contributed by atoms with Crippen molar-refractivity contribution >= 4 is 0 Å². The van der Waals surface area contributed by atoms with Gasteiger partial charge in [0, 0.05) is 11.6 Å². The van der Waals surface area contributed by atoms with E-state index in [4.69, 9.17) is 9.47 Å². The van der Waals surface area contributed by atoms with Gasteiger partial charge in [0.15, 0.2) is 11.5 Å². The fourth-order valence-corrected chi connectivity index (χ4v) is 1.27. The van der Waals surface area contributed by atoms with Gasteiger partial charge in [-0.15, -0.1) is 0 Å². The molecule has 0 aliphatic carbocycles. The molecule has 1 N–H and O–H groups in total. The lowest BCUT2D eigenvalue weighted by Gasteiger charge is -2.13. The van der Waals surface area contributed by atoms with Crippen LogP contribution in [0.2, 0.25) is 0 Å². The lowest BCUT2D eigenvalue weighted by Crippen LogP contribution is -1.96.